The highest BCUT2D eigenvalue weighted by Gasteiger charge is 2.35. The smallest absolute Gasteiger partial charge is 0.417 e. The maximum Gasteiger partial charge on any atom is 0.417 e. The highest BCUT2D eigenvalue weighted by atomic mass is 35.5. The average molecular weight is 554 g/mol. The molecule has 0 fully saturated rings. The second kappa shape index (κ2) is 11.7. The van der Waals surface area contributed by atoms with Crippen molar-refractivity contribution in [3.63, 3.8) is 0 Å². The van der Waals surface area contributed by atoms with E-state index in [1.54, 1.807) is 37.3 Å². The van der Waals surface area contributed by atoms with Crippen molar-refractivity contribution in [3.05, 3.63) is 88.9 Å². The van der Waals surface area contributed by atoms with Gasteiger partial charge in [-0.2, -0.15) is 18.3 Å². The van der Waals surface area contributed by atoms with Gasteiger partial charge in [-0.3, -0.25) is 9.10 Å². The van der Waals surface area contributed by atoms with Crippen molar-refractivity contribution in [1.29, 1.82) is 0 Å². The minimum Gasteiger partial charge on any atom is -0.494 e. The Labute approximate surface area is 217 Å². The highest BCUT2D eigenvalue weighted by molar-refractivity contribution is 7.92. The highest BCUT2D eigenvalue weighted by Crippen LogP contribution is 2.38. The zero-order valence-electron chi connectivity index (χ0n) is 19.8. The SMILES string of the molecule is CCOc1ccc(/C(C)=N/NC(=O)CN(c2ccc(Cl)c(C(F)(F)F)c2)S(=O)(=O)c2ccccc2)cc1. The van der Waals surface area contributed by atoms with Gasteiger partial charge in [0.1, 0.15) is 12.3 Å². The van der Waals surface area contributed by atoms with Gasteiger partial charge >= 0.3 is 6.18 Å². The maximum absolute atomic E-state index is 13.5. The number of amides is 1. The van der Waals surface area contributed by atoms with Crippen LogP contribution in [0.4, 0.5) is 18.9 Å². The molecule has 0 heterocycles. The number of ether oxygens (including phenoxy) is 1. The van der Waals surface area contributed by atoms with E-state index in [-0.39, 0.29) is 10.6 Å². The maximum atomic E-state index is 13.5. The van der Waals surface area contributed by atoms with Crippen molar-refractivity contribution in [2.45, 2.75) is 24.9 Å². The Kier molecular flexibility index (Phi) is 8.82. The third-order valence-corrected chi connectivity index (χ3v) is 7.21. The van der Waals surface area contributed by atoms with Crippen LogP contribution in [0.3, 0.4) is 0 Å². The standard InChI is InChI=1S/C25H23ClF3N3O4S/c1-3-36-20-12-9-18(10-13-20)17(2)30-31-24(33)16-32(37(34,35)21-7-5-4-6-8-21)19-11-14-23(26)22(15-19)25(27,28)29/h4-15H,3,16H2,1-2H3,(H,31,33)/b30-17+. The van der Waals surface area contributed by atoms with Crippen molar-refractivity contribution < 1.29 is 31.1 Å². The molecule has 3 aromatic rings. The second-order valence-corrected chi connectivity index (χ2v) is 9.95. The zero-order valence-corrected chi connectivity index (χ0v) is 21.4. The fourth-order valence-electron chi connectivity index (χ4n) is 3.26. The topological polar surface area (TPSA) is 88.1 Å². The van der Waals surface area contributed by atoms with Gasteiger partial charge in [0.2, 0.25) is 0 Å². The molecule has 0 saturated carbocycles. The molecule has 0 aliphatic rings. The molecule has 0 aliphatic heterocycles. The molecule has 1 N–H and O–H groups in total. The fraction of sp³-hybridized carbons (Fsp3) is 0.200. The first-order valence-electron chi connectivity index (χ1n) is 10.9. The van der Waals surface area contributed by atoms with E-state index in [4.69, 9.17) is 16.3 Å². The number of nitrogens with one attached hydrogen (secondary N) is 1. The summed E-state index contributed by atoms with van der Waals surface area (Å²) in [6.07, 6.45) is -4.84. The molecule has 196 valence electrons. The number of hydrogen-bond acceptors (Lipinski definition) is 5. The summed E-state index contributed by atoms with van der Waals surface area (Å²) in [5.41, 5.74) is 1.73. The van der Waals surface area contributed by atoms with Crippen molar-refractivity contribution in [2.75, 3.05) is 17.5 Å². The second-order valence-electron chi connectivity index (χ2n) is 7.68. The van der Waals surface area contributed by atoms with E-state index < -0.39 is 39.2 Å². The van der Waals surface area contributed by atoms with E-state index in [0.29, 0.717) is 34.0 Å². The van der Waals surface area contributed by atoms with Crippen molar-refractivity contribution in [2.24, 2.45) is 5.10 Å². The lowest BCUT2D eigenvalue weighted by Crippen LogP contribution is -2.40. The number of nitrogens with zero attached hydrogens (tertiary/aromatic N) is 2. The normalized spacial score (nSPS) is 12.2. The Morgan fingerprint density at radius 2 is 1.70 bits per heavy atom. The van der Waals surface area contributed by atoms with Gasteiger partial charge in [-0.25, -0.2) is 13.8 Å². The summed E-state index contributed by atoms with van der Waals surface area (Å²) in [7, 11) is -4.43. The largest absolute Gasteiger partial charge is 0.494 e. The summed E-state index contributed by atoms with van der Waals surface area (Å²) < 4.78 is 73.0. The van der Waals surface area contributed by atoms with Crippen molar-refractivity contribution >= 4 is 38.9 Å². The van der Waals surface area contributed by atoms with E-state index in [1.807, 2.05) is 6.92 Å². The monoisotopic (exact) mass is 553 g/mol. The third-order valence-electron chi connectivity index (χ3n) is 5.09. The fourth-order valence-corrected chi connectivity index (χ4v) is 4.91. The number of carbonyl (C=O) groups is 1. The Hall–Kier alpha value is -3.57. The Balaban J connectivity index is 1.91. The number of rotatable bonds is 9. The van der Waals surface area contributed by atoms with Crippen LogP contribution < -0.4 is 14.5 Å². The lowest BCUT2D eigenvalue weighted by Gasteiger charge is -2.25. The number of carbonyl (C=O) groups excluding carboxylic acids is 1. The predicted molar refractivity (Wildman–Crippen MR) is 135 cm³/mol. The predicted octanol–water partition coefficient (Wildman–Crippen LogP) is 5.49. The Morgan fingerprint density at radius 1 is 1.05 bits per heavy atom. The summed E-state index contributed by atoms with van der Waals surface area (Å²) in [4.78, 5) is 12.5. The van der Waals surface area contributed by atoms with Gasteiger partial charge in [0.15, 0.2) is 0 Å². The lowest BCUT2D eigenvalue weighted by molar-refractivity contribution is -0.137. The summed E-state index contributed by atoms with van der Waals surface area (Å²) in [5, 5.41) is 3.39. The van der Waals surface area contributed by atoms with Gasteiger partial charge in [0, 0.05) is 0 Å². The minimum atomic E-state index is -4.84. The van der Waals surface area contributed by atoms with Gasteiger partial charge in [0.05, 0.1) is 33.5 Å². The molecule has 3 aromatic carbocycles. The van der Waals surface area contributed by atoms with Gasteiger partial charge in [-0.15, -0.1) is 0 Å². The van der Waals surface area contributed by atoms with Crippen LogP contribution in [0.5, 0.6) is 5.75 Å². The summed E-state index contributed by atoms with van der Waals surface area (Å²) in [5.74, 6) is -0.209. The van der Waals surface area contributed by atoms with E-state index in [2.05, 4.69) is 10.5 Å². The molecule has 1 amide bonds. The molecule has 0 bridgehead atoms. The van der Waals surface area contributed by atoms with Crippen LogP contribution in [0.2, 0.25) is 5.02 Å². The van der Waals surface area contributed by atoms with E-state index in [0.717, 1.165) is 12.1 Å². The van der Waals surface area contributed by atoms with Crippen LogP contribution in [0.15, 0.2) is 82.8 Å². The average Bonchev–Trinajstić information content (AvgIpc) is 2.86. The number of sulfonamides is 1. The molecule has 0 aliphatic carbocycles. The van der Waals surface area contributed by atoms with Crippen LogP contribution in [-0.2, 0) is 21.0 Å². The molecule has 0 spiro atoms. The molecule has 37 heavy (non-hydrogen) atoms. The van der Waals surface area contributed by atoms with Crippen LogP contribution in [0.1, 0.15) is 25.0 Å². The minimum absolute atomic E-state index is 0.208. The third kappa shape index (κ3) is 7.01. The number of hydrazone groups is 1. The van der Waals surface area contributed by atoms with Crippen LogP contribution in [0.25, 0.3) is 0 Å². The quantitative estimate of drug-likeness (QED) is 0.280. The van der Waals surface area contributed by atoms with Gasteiger partial charge < -0.3 is 4.74 Å². The number of benzene rings is 3. The molecule has 7 nitrogen and oxygen atoms in total. The Morgan fingerprint density at radius 3 is 2.30 bits per heavy atom. The molecule has 0 atom stereocenters. The first-order chi connectivity index (χ1) is 17.4. The number of halogens is 4. The summed E-state index contributed by atoms with van der Waals surface area (Å²) in [6, 6.07) is 16.6. The van der Waals surface area contributed by atoms with E-state index >= 15 is 0 Å². The molecule has 12 heteroatoms. The zero-order chi connectivity index (χ0) is 27.2. The van der Waals surface area contributed by atoms with Crippen LogP contribution >= 0.6 is 11.6 Å². The van der Waals surface area contributed by atoms with Gasteiger partial charge in [-0.05, 0) is 74.0 Å². The first-order valence-corrected chi connectivity index (χ1v) is 12.8. The molecule has 3 rings (SSSR count). The van der Waals surface area contributed by atoms with E-state index in [1.165, 1.54) is 24.3 Å². The Bertz CT molecular complexity index is 1380. The van der Waals surface area contributed by atoms with Gasteiger partial charge in [0.25, 0.3) is 15.9 Å². The summed E-state index contributed by atoms with van der Waals surface area (Å²) in [6.45, 7) is 3.15. The molecular weight excluding hydrogens is 531 g/mol. The summed E-state index contributed by atoms with van der Waals surface area (Å²) >= 11 is 5.70. The molecule has 0 saturated heterocycles. The number of anilines is 1. The van der Waals surface area contributed by atoms with E-state index in [9.17, 15) is 26.4 Å². The lowest BCUT2D eigenvalue weighted by atomic mass is 10.1. The van der Waals surface area contributed by atoms with Crippen LogP contribution in [0, 0.1) is 0 Å². The van der Waals surface area contributed by atoms with Crippen LogP contribution in [-0.4, -0.2) is 33.2 Å². The molecular formula is C25H23ClF3N3O4S. The van der Waals surface area contributed by atoms with Crippen molar-refractivity contribution in [3.8, 4) is 5.75 Å². The first kappa shape index (κ1) is 28.0. The van der Waals surface area contributed by atoms with Crippen molar-refractivity contribution in [1.82, 2.24) is 5.43 Å². The molecule has 0 radical (unpaired) electrons. The molecule has 0 aromatic heterocycles. The van der Waals surface area contributed by atoms with Gasteiger partial charge in [-0.1, -0.05) is 29.8 Å². The molecule has 0 unspecified atom stereocenters. The number of alkyl halides is 3. The number of hydrogen-bond donors (Lipinski definition) is 1.